The molecule has 2 aliphatic rings. The van der Waals surface area contributed by atoms with Gasteiger partial charge in [-0.05, 0) is 67.0 Å². The maximum atomic E-state index is 13.9. The van der Waals surface area contributed by atoms with Crippen molar-refractivity contribution in [2.75, 3.05) is 33.9 Å². The van der Waals surface area contributed by atoms with Crippen LogP contribution in [0, 0.1) is 23.7 Å². The number of fused-ring (bicyclic) bond motifs is 1. The molecule has 4 amide bonds. The minimum atomic E-state index is -0.765. The van der Waals surface area contributed by atoms with Crippen LogP contribution in [0.2, 0.25) is 0 Å². The van der Waals surface area contributed by atoms with Gasteiger partial charge in [0.2, 0.25) is 11.8 Å². The number of H-pyrrole nitrogens is 2. The number of hydrogen-bond donors (Lipinski definition) is 4. The second kappa shape index (κ2) is 18.6. The molecule has 4 aromatic rings. The summed E-state index contributed by atoms with van der Waals surface area (Å²) in [7, 11) is 2.56. The number of benzene rings is 2. The molecule has 2 aliphatic heterocycles. The molecular formula is C43H54N8O7. The molecule has 58 heavy (non-hydrogen) atoms. The average molecular weight is 795 g/mol. The maximum Gasteiger partial charge on any atom is 0.407 e. The fourth-order valence-electron chi connectivity index (χ4n) is 7.57. The number of aromatic nitrogens is 4. The highest BCUT2D eigenvalue weighted by Gasteiger charge is 2.42. The van der Waals surface area contributed by atoms with Gasteiger partial charge in [-0.25, -0.2) is 19.6 Å². The van der Waals surface area contributed by atoms with Gasteiger partial charge in [0, 0.05) is 37.2 Å². The number of nitrogens with one attached hydrogen (secondary N) is 4. The standard InChI is InChI=1S/C43H54N8O7/c1-8-20-58-30-22-35(51(24-30)41(53)37(26(4)5)49-43(55)57-7)39-45-31-18-15-28(21-32(31)46-39)12-11-27-13-16-29(17-14-27)33-23-44-38(47-33)34-10-9-19-50(34)40(52)36(25(2)3)48-42(54)56-6/h13-18,21,23,25-26,30,34-37H,8-10,19-20,22,24H2,1-7H3,(H,44,47)(H,45,46)(H,48,54)(H,49,55)/t30-,34-,35-,36-,37-/m0/s1. The van der Waals surface area contributed by atoms with E-state index in [9.17, 15) is 19.2 Å². The van der Waals surface area contributed by atoms with Crippen molar-refractivity contribution in [2.24, 2.45) is 11.8 Å². The van der Waals surface area contributed by atoms with Crippen molar-refractivity contribution in [2.45, 2.75) is 90.6 Å². The van der Waals surface area contributed by atoms with E-state index in [4.69, 9.17) is 19.2 Å². The number of rotatable bonds is 12. The summed E-state index contributed by atoms with van der Waals surface area (Å²) >= 11 is 0. The number of aromatic amines is 2. The topological polar surface area (TPSA) is 184 Å². The molecule has 6 rings (SSSR count). The highest BCUT2D eigenvalue weighted by Crippen LogP contribution is 2.35. The first kappa shape index (κ1) is 41.7. The van der Waals surface area contributed by atoms with Gasteiger partial charge in [0.05, 0.1) is 55.3 Å². The molecule has 5 atom stereocenters. The average Bonchev–Trinajstić information content (AvgIpc) is 4.05. The smallest absolute Gasteiger partial charge is 0.407 e. The Morgan fingerprint density at radius 1 is 0.845 bits per heavy atom. The van der Waals surface area contributed by atoms with E-state index in [1.807, 2.05) is 77.1 Å². The highest BCUT2D eigenvalue weighted by molar-refractivity contribution is 5.87. The minimum Gasteiger partial charge on any atom is -0.453 e. The molecule has 0 unspecified atom stereocenters. The number of ether oxygens (including phenoxy) is 3. The number of amides is 4. The third-order valence-electron chi connectivity index (χ3n) is 10.7. The Morgan fingerprint density at radius 3 is 2.12 bits per heavy atom. The fourth-order valence-corrected chi connectivity index (χ4v) is 7.57. The summed E-state index contributed by atoms with van der Waals surface area (Å²) < 4.78 is 15.6. The zero-order valence-corrected chi connectivity index (χ0v) is 34.3. The second-order valence-electron chi connectivity index (χ2n) is 15.5. The first-order chi connectivity index (χ1) is 27.9. The molecule has 308 valence electrons. The number of hydrogen-bond acceptors (Lipinski definition) is 9. The first-order valence-corrected chi connectivity index (χ1v) is 20.0. The van der Waals surface area contributed by atoms with E-state index in [0.29, 0.717) is 37.8 Å². The van der Waals surface area contributed by atoms with Crippen LogP contribution in [0.5, 0.6) is 0 Å². The molecule has 4 N–H and O–H groups in total. The van der Waals surface area contributed by atoms with Gasteiger partial charge >= 0.3 is 12.2 Å². The van der Waals surface area contributed by atoms with E-state index in [1.165, 1.54) is 14.2 Å². The lowest BCUT2D eigenvalue weighted by Gasteiger charge is -2.30. The van der Waals surface area contributed by atoms with Crippen molar-refractivity contribution in [1.29, 1.82) is 0 Å². The van der Waals surface area contributed by atoms with Crippen molar-refractivity contribution < 1.29 is 33.4 Å². The normalized spacial score (nSPS) is 18.9. The molecule has 0 radical (unpaired) electrons. The predicted molar refractivity (Wildman–Crippen MR) is 217 cm³/mol. The van der Waals surface area contributed by atoms with Gasteiger partial charge in [-0.2, -0.15) is 0 Å². The number of methoxy groups -OCH3 is 2. The molecule has 2 aromatic heterocycles. The van der Waals surface area contributed by atoms with Crippen molar-refractivity contribution in [1.82, 2.24) is 40.4 Å². The lowest BCUT2D eigenvalue weighted by atomic mass is 10.0. The molecule has 0 aliphatic carbocycles. The maximum absolute atomic E-state index is 13.9. The van der Waals surface area contributed by atoms with Gasteiger partial charge in [-0.15, -0.1) is 0 Å². The van der Waals surface area contributed by atoms with Gasteiger partial charge in [-0.3, -0.25) is 9.59 Å². The molecule has 0 bridgehead atoms. The molecule has 0 spiro atoms. The van der Waals surface area contributed by atoms with Crippen molar-refractivity contribution in [3.63, 3.8) is 0 Å². The first-order valence-electron chi connectivity index (χ1n) is 20.0. The van der Waals surface area contributed by atoms with Crippen LogP contribution in [0.15, 0.2) is 48.7 Å². The Hall–Kier alpha value is -5.88. The number of carbonyl (C=O) groups excluding carboxylic acids is 4. The fraction of sp³-hybridized carbons (Fsp3) is 0.488. The zero-order chi connectivity index (χ0) is 41.5. The van der Waals surface area contributed by atoms with E-state index in [1.54, 1.807) is 16.0 Å². The van der Waals surface area contributed by atoms with Crippen molar-refractivity contribution >= 4 is 35.0 Å². The van der Waals surface area contributed by atoms with Gasteiger partial charge in [0.15, 0.2) is 0 Å². The van der Waals surface area contributed by atoms with Crippen LogP contribution in [-0.4, -0.2) is 106 Å². The number of imidazole rings is 2. The molecule has 2 aromatic carbocycles. The van der Waals surface area contributed by atoms with Crippen LogP contribution in [-0.2, 0) is 23.8 Å². The Bertz CT molecular complexity index is 2150. The third kappa shape index (κ3) is 9.45. The van der Waals surface area contributed by atoms with E-state index < -0.39 is 24.3 Å². The molecule has 4 heterocycles. The monoisotopic (exact) mass is 794 g/mol. The van der Waals surface area contributed by atoms with Gasteiger partial charge in [0.25, 0.3) is 0 Å². The summed E-state index contributed by atoms with van der Waals surface area (Å²) in [5.74, 6) is 7.23. The highest BCUT2D eigenvalue weighted by atomic mass is 16.5. The van der Waals surface area contributed by atoms with E-state index >= 15 is 0 Å². The lowest BCUT2D eigenvalue weighted by molar-refractivity contribution is -0.136. The van der Waals surface area contributed by atoms with Crippen molar-refractivity contribution in [3.8, 4) is 23.1 Å². The summed E-state index contributed by atoms with van der Waals surface area (Å²) in [5.41, 5.74) is 4.94. The lowest BCUT2D eigenvalue weighted by Crippen LogP contribution is -2.51. The van der Waals surface area contributed by atoms with Crippen LogP contribution < -0.4 is 10.6 Å². The van der Waals surface area contributed by atoms with Crippen LogP contribution in [0.3, 0.4) is 0 Å². The van der Waals surface area contributed by atoms with Crippen LogP contribution in [0.1, 0.15) is 95.2 Å². The summed E-state index contributed by atoms with van der Waals surface area (Å²) in [5, 5.41) is 5.39. The third-order valence-corrected chi connectivity index (χ3v) is 10.7. The van der Waals surface area contributed by atoms with Crippen LogP contribution >= 0.6 is 0 Å². The van der Waals surface area contributed by atoms with Gasteiger partial charge in [0.1, 0.15) is 23.7 Å². The summed E-state index contributed by atoms with van der Waals surface area (Å²) in [4.78, 5) is 71.4. The van der Waals surface area contributed by atoms with Crippen molar-refractivity contribution in [3.05, 3.63) is 71.4 Å². The largest absolute Gasteiger partial charge is 0.453 e. The Labute approximate surface area is 339 Å². The number of likely N-dealkylation sites (tertiary alicyclic amines) is 2. The van der Waals surface area contributed by atoms with Gasteiger partial charge < -0.3 is 44.6 Å². The molecule has 15 nitrogen and oxygen atoms in total. The number of nitrogens with zero attached hydrogens (tertiary/aromatic N) is 4. The van der Waals surface area contributed by atoms with E-state index in [-0.39, 0.29) is 41.8 Å². The second-order valence-corrected chi connectivity index (χ2v) is 15.5. The zero-order valence-electron chi connectivity index (χ0n) is 34.3. The quantitative estimate of drug-likeness (QED) is 0.128. The summed E-state index contributed by atoms with van der Waals surface area (Å²) in [6, 6.07) is 11.6. The van der Waals surface area contributed by atoms with Crippen LogP contribution in [0.25, 0.3) is 22.3 Å². The van der Waals surface area contributed by atoms with Gasteiger partial charge in [-0.1, -0.05) is 58.6 Å². The van der Waals surface area contributed by atoms with E-state index in [2.05, 4.69) is 37.4 Å². The summed E-state index contributed by atoms with van der Waals surface area (Å²) in [6.45, 7) is 11.2. The molecular weight excluding hydrogens is 741 g/mol. The Morgan fingerprint density at radius 2 is 1.48 bits per heavy atom. The predicted octanol–water partition coefficient (Wildman–Crippen LogP) is 5.85. The molecule has 0 saturated carbocycles. The number of alkyl carbamates (subject to hydrolysis) is 2. The SMILES string of the molecule is CCCO[C@H]1C[C@@H](c2nc3ccc(C#Cc4ccc(-c5cnc([C@@H]6CCCN6C(=O)[C@@H](NC(=O)OC)C(C)C)[nH]5)cc4)cc3[nH]2)N(C(=O)[C@@H](NC(=O)OC)C(C)C)C1. The molecule has 2 fully saturated rings. The van der Waals surface area contributed by atoms with Crippen LogP contribution in [0.4, 0.5) is 9.59 Å². The molecule has 15 heteroatoms. The summed E-state index contributed by atoms with van der Waals surface area (Å²) in [6.07, 6.45) is 3.37. The minimum absolute atomic E-state index is 0.114. The Balaban J connectivity index is 1.15. The number of carbonyl (C=O) groups is 4. The van der Waals surface area contributed by atoms with E-state index in [0.717, 1.165) is 52.7 Å². The Kier molecular flexibility index (Phi) is 13.4. The molecule has 2 saturated heterocycles.